The Labute approximate surface area is 304 Å². The number of methoxy groups -OCH3 is 5. The molecule has 13 heteroatoms. The molecule has 2 N–H and O–H groups in total. The highest BCUT2D eigenvalue weighted by atomic mass is 16.7. The summed E-state index contributed by atoms with van der Waals surface area (Å²) in [5.74, 6) is 4.16. The van der Waals surface area contributed by atoms with Gasteiger partial charge in [-0.2, -0.15) is 0 Å². The SMILES string of the molecule is COc1cc(C2NC(=O)C3=C(C=CC(C)C3)N2)ccc1OCC[N+](C)(C)Oc1cc(C2=NOC(c3cc(OC)c(OC)c(OC)c3)C2)ccc1OC. The van der Waals surface area contributed by atoms with Crippen LogP contribution in [0.5, 0.6) is 40.2 Å². The van der Waals surface area contributed by atoms with Crippen LogP contribution in [0.4, 0.5) is 0 Å². The van der Waals surface area contributed by atoms with Crippen LogP contribution in [0.15, 0.2) is 77.1 Å². The first-order valence-electron chi connectivity index (χ1n) is 17.1. The van der Waals surface area contributed by atoms with E-state index in [1.54, 1.807) is 35.5 Å². The molecular weight excluding hydrogens is 668 g/mol. The lowest BCUT2D eigenvalue weighted by atomic mass is 9.91. The van der Waals surface area contributed by atoms with Gasteiger partial charge in [0.2, 0.25) is 11.5 Å². The summed E-state index contributed by atoms with van der Waals surface area (Å²) in [6.45, 7) is 2.93. The van der Waals surface area contributed by atoms with Gasteiger partial charge in [-0.25, -0.2) is 0 Å². The third-order valence-corrected chi connectivity index (χ3v) is 9.27. The zero-order valence-electron chi connectivity index (χ0n) is 30.9. The molecule has 0 bridgehead atoms. The topological polar surface area (TPSA) is 127 Å². The Morgan fingerprint density at radius 1 is 0.788 bits per heavy atom. The number of carbonyl (C=O) groups excluding carboxylic acids is 1. The van der Waals surface area contributed by atoms with Gasteiger partial charge in [-0.3, -0.25) is 4.79 Å². The minimum atomic E-state index is -0.385. The molecular formula is C39H47N4O9+. The molecule has 0 spiro atoms. The van der Waals surface area contributed by atoms with E-state index >= 15 is 0 Å². The predicted molar refractivity (Wildman–Crippen MR) is 194 cm³/mol. The standard InChI is InChI=1S/C39H46N4O9/c1-23-9-12-28-27(17-23)39(44)41-38(40-28)25-11-14-31(33(19-25)46-5)50-16-15-43(2,3)52-34-18-24(10-13-30(34)45-4)29-22-32(51-42-29)26-20-35(47-6)37(49-8)36(21-26)48-7/h9-14,18-21,23,32,38H,15-17,22H2,1-8H3,(H-,40,41,44)/p+1. The van der Waals surface area contributed by atoms with E-state index in [0.29, 0.717) is 72.2 Å². The van der Waals surface area contributed by atoms with Gasteiger partial charge in [0, 0.05) is 34.9 Å². The van der Waals surface area contributed by atoms with Crippen LogP contribution in [0, 0.1) is 5.92 Å². The van der Waals surface area contributed by atoms with E-state index in [9.17, 15) is 4.79 Å². The number of ether oxygens (including phenoxy) is 6. The summed E-state index contributed by atoms with van der Waals surface area (Å²) in [4.78, 5) is 25.2. The van der Waals surface area contributed by atoms with Crippen molar-refractivity contribution in [1.29, 1.82) is 0 Å². The first-order valence-corrected chi connectivity index (χ1v) is 17.1. The summed E-state index contributed by atoms with van der Waals surface area (Å²) in [7, 11) is 11.8. The number of likely N-dealkylation sites (N-methyl/N-ethyl adjacent to an activating group) is 1. The van der Waals surface area contributed by atoms with Gasteiger partial charge >= 0.3 is 0 Å². The second-order valence-electron chi connectivity index (χ2n) is 13.3. The quantitative estimate of drug-likeness (QED) is 0.161. The molecule has 1 amide bonds. The van der Waals surface area contributed by atoms with Gasteiger partial charge in [0.15, 0.2) is 41.4 Å². The maximum absolute atomic E-state index is 12.9. The fourth-order valence-corrected chi connectivity index (χ4v) is 6.40. The third kappa shape index (κ3) is 7.69. The maximum Gasteiger partial charge on any atom is 0.251 e. The van der Waals surface area contributed by atoms with Crippen molar-refractivity contribution in [1.82, 2.24) is 10.6 Å². The number of amides is 1. The lowest BCUT2D eigenvalue weighted by Crippen LogP contribution is -2.46. The van der Waals surface area contributed by atoms with Gasteiger partial charge in [-0.15, -0.1) is 4.65 Å². The molecule has 3 atom stereocenters. The number of carbonyl (C=O) groups is 1. The van der Waals surface area contributed by atoms with Crippen molar-refractivity contribution in [2.75, 3.05) is 62.8 Å². The fourth-order valence-electron chi connectivity index (χ4n) is 6.40. The molecule has 0 radical (unpaired) electrons. The van der Waals surface area contributed by atoms with Gasteiger partial charge < -0.3 is 48.7 Å². The molecule has 3 aromatic carbocycles. The van der Waals surface area contributed by atoms with Crippen LogP contribution in [0.25, 0.3) is 0 Å². The van der Waals surface area contributed by atoms with E-state index in [0.717, 1.165) is 33.7 Å². The first-order chi connectivity index (χ1) is 25.1. The summed E-state index contributed by atoms with van der Waals surface area (Å²) in [5, 5.41) is 10.9. The Kier molecular flexibility index (Phi) is 10.7. The van der Waals surface area contributed by atoms with E-state index in [1.165, 1.54) is 0 Å². The van der Waals surface area contributed by atoms with Crippen molar-refractivity contribution in [2.24, 2.45) is 11.1 Å². The number of quaternary nitrogens is 1. The molecule has 2 heterocycles. The number of rotatable bonds is 14. The second kappa shape index (κ2) is 15.4. The van der Waals surface area contributed by atoms with E-state index in [2.05, 4.69) is 28.8 Å². The molecule has 3 aliphatic rings. The van der Waals surface area contributed by atoms with Crippen LogP contribution < -0.4 is 43.9 Å². The Hall–Kier alpha value is -5.56. The molecule has 6 rings (SSSR count). The summed E-state index contributed by atoms with van der Waals surface area (Å²) < 4.78 is 34.2. The van der Waals surface area contributed by atoms with Gasteiger partial charge in [-0.05, 0) is 60.4 Å². The molecule has 276 valence electrons. The van der Waals surface area contributed by atoms with E-state index in [4.69, 9.17) is 38.1 Å². The molecule has 0 fully saturated rings. The zero-order chi connectivity index (χ0) is 37.0. The van der Waals surface area contributed by atoms with Gasteiger partial charge in [0.1, 0.15) is 26.9 Å². The van der Waals surface area contributed by atoms with Crippen molar-refractivity contribution >= 4 is 11.6 Å². The molecule has 1 aliphatic carbocycles. The number of hydrogen-bond acceptors (Lipinski definition) is 11. The lowest BCUT2D eigenvalue weighted by Gasteiger charge is -2.32. The number of hydrogen-bond donors (Lipinski definition) is 2. The highest BCUT2D eigenvalue weighted by molar-refractivity contribution is 6.02. The van der Waals surface area contributed by atoms with Crippen molar-refractivity contribution < 1.29 is 47.5 Å². The third-order valence-electron chi connectivity index (χ3n) is 9.27. The first kappa shape index (κ1) is 36.2. The normalized spacial score (nSPS) is 19.4. The Morgan fingerprint density at radius 3 is 2.17 bits per heavy atom. The van der Waals surface area contributed by atoms with E-state index in [1.807, 2.05) is 68.7 Å². The monoisotopic (exact) mass is 715 g/mol. The Bertz CT molecular complexity index is 1880. The smallest absolute Gasteiger partial charge is 0.251 e. The molecule has 52 heavy (non-hydrogen) atoms. The van der Waals surface area contributed by atoms with Crippen LogP contribution in [-0.4, -0.2) is 79.1 Å². The lowest BCUT2D eigenvalue weighted by molar-refractivity contribution is -1.05. The highest BCUT2D eigenvalue weighted by Gasteiger charge is 2.31. The number of allylic oxidation sites excluding steroid dienone is 2. The Morgan fingerprint density at radius 2 is 1.48 bits per heavy atom. The summed E-state index contributed by atoms with van der Waals surface area (Å²) in [5.41, 5.74) is 4.96. The minimum absolute atomic E-state index is 0.0548. The average Bonchev–Trinajstić information content (AvgIpc) is 3.65. The largest absolute Gasteiger partial charge is 0.493 e. The number of nitrogens with zero attached hydrogens (tertiary/aromatic N) is 2. The number of benzene rings is 3. The van der Waals surface area contributed by atoms with Crippen molar-refractivity contribution in [3.63, 3.8) is 0 Å². The van der Waals surface area contributed by atoms with Crippen molar-refractivity contribution in [2.45, 2.75) is 32.0 Å². The zero-order valence-corrected chi connectivity index (χ0v) is 30.9. The highest BCUT2D eigenvalue weighted by Crippen LogP contribution is 2.43. The summed E-state index contributed by atoms with van der Waals surface area (Å²) in [6.07, 6.45) is 4.62. The number of nitrogens with one attached hydrogen (secondary N) is 2. The van der Waals surface area contributed by atoms with Crippen molar-refractivity contribution in [3.8, 4) is 40.2 Å². The maximum atomic E-state index is 12.9. The molecule has 13 nitrogen and oxygen atoms in total. The fraction of sp³-hybridized carbons (Fsp3) is 0.385. The van der Waals surface area contributed by atoms with Crippen molar-refractivity contribution in [3.05, 3.63) is 88.6 Å². The van der Waals surface area contributed by atoms with E-state index < -0.39 is 0 Å². The van der Waals surface area contributed by atoms with Crippen LogP contribution in [-0.2, 0) is 9.63 Å². The summed E-state index contributed by atoms with van der Waals surface area (Å²) in [6, 6.07) is 15.1. The molecule has 0 saturated carbocycles. The van der Waals surface area contributed by atoms with Crippen LogP contribution >= 0.6 is 0 Å². The van der Waals surface area contributed by atoms with Crippen LogP contribution in [0.2, 0.25) is 0 Å². The number of hydroxylamine groups is 3. The average molecular weight is 716 g/mol. The van der Waals surface area contributed by atoms with Crippen LogP contribution in [0.1, 0.15) is 48.7 Å². The Balaban J connectivity index is 1.09. The minimum Gasteiger partial charge on any atom is -0.493 e. The second-order valence-corrected chi connectivity index (χ2v) is 13.3. The van der Waals surface area contributed by atoms with E-state index in [-0.39, 0.29) is 22.8 Å². The molecule has 3 unspecified atom stereocenters. The molecule has 3 aromatic rings. The van der Waals surface area contributed by atoms with Gasteiger partial charge in [-0.1, -0.05) is 24.2 Å². The number of oxime groups is 1. The van der Waals surface area contributed by atoms with Gasteiger partial charge in [0.05, 0.1) is 41.3 Å². The summed E-state index contributed by atoms with van der Waals surface area (Å²) >= 11 is 0. The molecule has 0 aromatic heterocycles. The van der Waals surface area contributed by atoms with Crippen LogP contribution in [0.3, 0.4) is 0 Å². The molecule has 2 aliphatic heterocycles. The molecule has 0 saturated heterocycles. The predicted octanol–water partition coefficient (Wildman–Crippen LogP) is 5.61. The van der Waals surface area contributed by atoms with Gasteiger partial charge in [0.25, 0.3) is 5.91 Å².